The number of ketones is 1. The van der Waals surface area contributed by atoms with E-state index in [-0.39, 0.29) is 18.7 Å². The third-order valence-electron chi connectivity index (χ3n) is 1.96. The van der Waals surface area contributed by atoms with Crippen molar-refractivity contribution in [3.63, 3.8) is 0 Å². The number of carbonyl (C=O) groups is 1. The summed E-state index contributed by atoms with van der Waals surface area (Å²) in [6, 6.07) is 4.81. The first kappa shape index (κ1) is 12.4. The van der Waals surface area contributed by atoms with E-state index in [4.69, 9.17) is 21.9 Å². The summed E-state index contributed by atoms with van der Waals surface area (Å²) in [5.74, 6) is 0.307. The van der Waals surface area contributed by atoms with Gasteiger partial charge in [-0.3, -0.25) is 4.79 Å². The molecular formula is C10H10ClN3O2. The monoisotopic (exact) mass is 239 g/mol. The Kier molecular flexibility index (Phi) is 4.64. The zero-order valence-electron chi connectivity index (χ0n) is 8.68. The third-order valence-corrected chi connectivity index (χ3v) is 2.20. The van der Waals surface area contributed by atoms with E-state index in [1.54, 1.807) is 18.2 Å². The molecule has 0 saturated heterocycles. The number of benzene rings is 1. The van der Waals surface area contributed by atoms with Crippen molar-refractivity contribution >= 4 is 17.4 Å². The van der Waals surface area contributed by atoms with Gasteiger partial charge in [-0.15, -0.1) is 0 Å². The molecule has 0 amide bonds. The van der Waals surface area contributed by atoms with Gasteiger partial charge in [0, 0.05) is 22.9 Å². The molecule has 16 heavy (non-hydrogen) atoms. The maximum Gasteiger partial charge on any atom is 0.166 e. The Morgan fingerprint density at radius 3 is 3.00 bits per heavy atom. The first-order valence-electron chi connectivity index (χ1n) is 4.56. The van der Waals surface area contributed by atoms with Crippen LogP contribution in [-0.2, 0) is 0 Å². The molecule has 0 spiro atoms. The van der Waals surface area contributed by atoms with Crippen molar-refractivity contribution in [2.24, 2.45) is 5.11 Å². The van der Waals surface area contributed by atoms with Crippen LogP contribution < -0.4 is 4.74 Å². The molecule has 1 rings (SSSR count). The lowest BCUT2D eigenvalue weighted by Crippen LogP contribution is -2.03. The van der Waals surface area contributed by atoms with E-state index < -0.39 is 0 Å². The minimum Gasteiger partial charge on any atom is -0.496 e. The van der Waals surface area contributed by atoms with Gasteiger partial charge in [0.1, 0.15) is 5.75 Å². The van der Waals surface area contributed by atoms with Crippen LogP contribution in [0.3, 0.4) is 0 Å². The number of carbonyl (C=O) groups excluding carboxylic acids is 1. The fraction of sp³-hybridized carbons (Fsp3) is 0.300. The van der Waals surface area contributed by atoms with Gasteiger partial charge in [-0.1, -0.05) is 16.7 Å². The molecule has 0 aromatic heterocycles. The second-order valence-electron chi connectivity index (χ2n) is 2.97. The van der Waals surface area contributed by atoms with E-state index in [1.165, 1.54) is 7.11 Å². The van der Waals surface area contributed by atoms with Crippen molar-refractivity contribution in [1.82, 2.24) is 0 Å². The number of methoxy groups -OCH3 is 1. The largest absolute Gasteiger partial charge is 0.496 e. The van der Waals surface area contributed by atoms with E-state index >= 15 is 0 Å². The van der Waals surface area contributed by atoms with Gasteiger partial charge in [0.05, 0.1) is 12.7 Å². The van der Waals surface area contributed by atoms with Crippen LogP contribution >= 0.6 is 11.6 Å². The molecule has 0 aliphatic heterocycles. The van der Waals surface area contributed by atoms with Crippen LogP contribution in [0.2, 0.25) is 5.02 Å². The lowest BCUT2D eigenvalue weighted by molar-refractivity contribution is 0.0982. The fourth-order valence-electron chi connectivity index (χ4n) is 1.23. The van der Waals surface area contributed by atoms with Gasteiger partial charge >= 0.3 is 0 Å². The van der Waals surface area contributed by atoms with Crippen LogP contribution in [0.25, 0.3) is 10.4 Å². The molecule has 0 heterocycles. The van der Waals surface area contributed by atoms with Gasteiger partial charge in [-0.2, -0.15) is 0 Å². The molecule has 0 aliphatic carbocycles. The Bertz CT molecular complexity index is 442. The summed E-state index contributed by atoms with van der Waals surface area (Å²) < 4.78 is 5.04. The van der Waals surface area contributed by atoms with Crippen LogP contribution in [0.5, 0.6) is 5.75 Å². The number of nitrogens with zero attached hydrogens (tertiary/aromatic N) is 3. The van der Waals surface area contributed by atoms with Crippen LogP contribution in [0, 0.1) is 0 Å². The second kappa shape index (κ2) is 6.00. The number of hydrogen-bond donors (Lipinski definition) is 0. The van der Waals surface area contributed by atoms with Crippen molar-refractivity contribution in [1.29, 1.82) is 0 Å². The standard InChI is InChI=1S/C10H10ClN3O2/c1-16-10-3-2-7(11)6-8(10)9(15)4-5-13-14-12/h2-3,6H,4-5H2,1H3. The van der Waals surface area contributed by atoms with E-state index in [2.05, 4.69) is 10.0 Å². The van der Waals surface area contributed by atoms with E-state index in [1.807, 2.05) is 0 Å². The quantitative estimate of drug-likeness (QED) is 0.342. The highest BCUT2D eigenvalue weighted by Crippen LogP contribution is 2.23. The smallest absolute Gasteiger partial charge is 0.166 e. The van der Waals surface area contributed by atoms with Gasteiger partial charge in [-0.25, -0.2) is 0 Å². The molecule has 0 aliphatic rings. The number of halogens is 1. The number of hydrogen-bond acceptors (Lipinski definition) is 3. The summed E-state index contributed by atoms with van der Waals surface area (Å²) in [6.45, 7) is 0.130. The Morgan fingerprint density at radius 1 is 1.62 bits per heavy atom. The van der Waals surface area contributed by atoms with Crippen molar-refractivity contribution in [2.45, 2.75) is 6.42 Å². The fourth-order valence-corrected chi connectivity index (χ4v) is 1.40. The molecule has 0 saturated carbocycles. The molecule has 5 nitrogen and oxygen atoms in total. The van der Waals surface area contributed by atoms with Gasteiger partial charge in [0.2, 0.25) is 0 Å². The normalized spacial score (nSPS) is 9.38. The molecule has 0 atom stereocenters. The summed E-state index contributed by atoms with van der Waals surface area (Å²) in [7, 11) is 1.48. The lowest BCUT2D eigenvalue weighted by Gasteiger charge is -2.06. The Morgan fingerprint density at radius 2 is 2.38 bits per heavy atom. The van der Waals surface area contributed by atoms with E-state index in [0.29, 0.717) is 16.3 Å². The van der Waals surface area contributed by atoms with E-state index in [9.17, 15) is 4.79 Å². The molecule has 1 aromatic rings. The topological polar surface area (TPSA) is 75.1 Å². The van der Waals surface area contributed by atoms with Gasteiger partial charge in [0.25, 0.3) is 0 Å². The summed E-state index contributed by atoms with van der Waals surface area (Å²) in [6.07, 6.45) is 0.140. The van der Waals surface area contributed by atoms with E-state index in [0.717, 1.165) is 0 Å². The minimum absolute atomic E-state index is 0.130. The molecule has 0 unspecified atom stereocenters. The maximum absolute atomic E-state index is 11.7. The molecule has 1 aromatic carbocycles. The van der Waals surface area contributed by atoms with Crippen LogP contribution in [-0.4, -0.2) is 19.4 Å². The Labute approximate surface area is 97.6 Å². The summed E-state index contributed by atoms with van der Waals surface area (Å²) in [4.78, 5) is 14.3. The second-order valence-corrected chi connectivity index (χ2v) is 3.41. The average Bonchev–Trinajstić information content (AvgIpc) is 2.29. The van der Waals surface area contributed by atoms with Gasteiger partial charge in [-0.05, 0) is 23.7 Å². The molecular weight excluding hydrogens is 230 g/mol. The van der Waals surface area contributed by atoms with Crippen LogP contribution in [0.1, 0.15) is 16.8 Å². The highest BCUT2D eigenvalue weighted by molar-refractivity contribution is 6.31. The molecule has 0 fully saturated rings. The highest BCUT2D eigenvalue weighted by atomic mass is 35.5. The summed E-state index contributed by atoms with van der Waals surface area (Å²) in [5.41, 5.74) is 8.50. The minimum atomic E-state index is -0.160. The highest BCUT2D eigenvalue weighted by Gasteiger charge is 2.11. The molecule has 0 N–H and O–H groups in total. The van der Waals surface area contributed by atoms with Crippen molar-refractivity contribution in [2.75, 3.05) is 13.7 Å². The molecule has 0 radical (unpaired) electrons. The summed E-state index contributed by atoms with van der Waals surface area (Å²) >= 11 is 5.79. The third kappa shape index (κ3) is 3.15. The maximum atomic E-state index is 11.7. The summed E-state index contributed by atoms with van der Waals surface area (Å²) in [5, 5.41) is 3.77. The molecule has 84 valence electrons. The zero-order valence-corrected chi connectivity index (χ0v) is 9.44. The zero-order chi connectivity index (χ0) is 12.0. The van der Waals surface area contributed by atoms with Crippen molar-refractivity contribution in [3.8, 4) is 5.75 Å². The molecule has 0 bridgehead atoms. The Hall–Kier alpha value is -1.71. The number of rotatable bonds is 5. The number of Topliss-reactive ketones (excluding diaryl/α,β-unsaturated/α-hetero) is 1. The molecule has 6 heteroatoms. The number of azide groups is 1. The van der Waals surface area contributed by atoms with Crippen LogP contribution in [0.15, 0.2) is 23.3 Å². The Balaban J connectivity index is 2.88. The SMILES string of the molecule is COc1ccc(Cl)cc1C(=O)CCN=[N+]=[N-]. The predicted molar refractivity (Wildman–Crippen MR) is 61.0 cm³/mol. The van der Waals surface area contributed by atoms with Gasteiger partial charge < -0.3 is 4.74 Å². The van der Waals surface area contributed by atoms with Gasteiger partial charge in [0.15, 0.2) is 5.78 Å². The lowest BCUT2D eigenvalue weighted by atomic mass is 10.1. The van der Waals surface area contributed by atoms with Crippen LogP contribution in [0.4, 0.5) is 0 Å². The first-order chi connectivity index (χ1) is 7.69. The van der Waals surface area contributed by atoms with Crippen molar-refractivity contribution in [3.05, 3.63) is 39.2 Å². The van der Waals surface area contributed by atoms with Crippen molar-refractivity contribution < 1.29 is 9.53 Å². The predicted octanol–water partition coefficient (Wildman–Crippen LogP) is 3.23. The number of ether oxygens (including phenoxy) is 1. The first-order valence-corrected chi connectivity index (χ1v) is 4.94. The average molecular weight is 240 g/mol.